The van der Waals surface area contributed by atoms with Gasteiger partial charge in [0.1, 0.15) is 5.78 Å². The maximum atomic E-state index is 15.0. The summed E-state index contributed by atoms with van der Waals surface area (Å²) in [5.41, 5.74) is -0.729. The Morgan fingerprint density at radius 2 is 1.83 bits per heavy atom. The lowest BCUT2D eigenvalue weighted by atomic mass is 9.44. The van der Waals surface area contributed by atoms with Crippen LogP contribution in [0.5, 0.6) is 0 Å². The van der Waals surface area contributed by atoms with Crippen molar-refractivity contribution in [1.82, 2.24) is 0 Å². The summed E-state index contributed by atoms with van der Waals surface area (Å²) in [6.45, 7) is 4.08. The van der Waals surface area contributed by atoms with Crippen LogP contribution in [0, 0.1) is 34.5 Å². The van der Waals surface area contributed by atoms with E-state index in [-0.39, 0.29) is 35.5 Å². The number of hydrogen-bond donors (Lipinski definition) is 1. The molecule has 0 aromatic rings. The van der Waals surface area contributed by atoms with Crippen molar-refractivity contribution in [2.45, 2.75) is 77.2 Å². The number of carbonyl (C=O) groups excluding carboxylic acids is 1. The number of alkyl halides is 2. The predicted octanol–water partition coefficient (Wildman–Crippen LogP) is 4.20. The van der Waals surface area contributed by atoms with Crippen molar-refractivity contribution in [2.75, 3.05) is 0 Å². The first-order valence-electron chi connectivity index (χ1n) is 9.28. The Hall–Kier alpha value is -0.510. The third-order valence-electron chi connectivity index (χ3n) is 8.33. The molecule has 0 aliphatic heterocycles. The molecule has 4 heteroatoms. The van der Waals surface area contributed by atoms with Gasteiger partial charge in [-0.15, -0.1) is 0 Å². The first-order valence-corrected chi connectivity index (χ1v) is 9.28. The van der Waals surface area contributed by atoms with Crippen LogP contribution >= 0.6 is 0 Å². The van der Waals surface area contributed by atoms with Crippen LogP contribution in [0.1, 0.15) is 65.2 Å². The lowest BCUT2D eigenvalue weighted by Gasteiger charge is -2.61. The molecule has 1 N–H and O–H groups in total. The maximum Gasteiger partial charge on any atom is 0.251 e. The van der Waals surface area contributed by atoms with Gasteiger partial charge in [0.2, 0.25) is 0 Å². The lowest BCUT2D eigenvalue weighted by Crippen LogP contribution is -2.60. The molecule has 23 heavy (non-hydrogen) atoms. The minimum Gasteiger partial charge on any atom is -0.393 e. The van der Waals surface area contributed by atoms with E-state index in [2.05, 4.69) is 0 Å². The first kappa shape index (κ1) is 16.0. The second-order valence-electron chi connectivity index (χ2n) is 9.25. The van der Waals surface area contributed by atoms with E-state index in [1.165, 1.54) is 0 Å². The van der Waals surface area contributed by atoms with Gasteiger partial charge in [-0.05, 0) is 61.7 Å². The highest BCUT2D eigenvalue weighted by Crippen LogP contribution is 2.68. The van der Waals surface area contributed by atoms with Gasteiger partial charge in [0.15, 0.2) is 0 Å². The molecule has 2 unspecified atom stereocenters. The minimum atomic E-state index is -2.71. The molecule has 0 bridgehead atoms. The summed E-state index contributed by atoms with van der Waals surface area (Å²) in [7, 11) is 0. The molecule has 2 nitrogen and oxygen atoms in total. The Bertz CT molecular complexity index is 533. The Labute approximate surface area is 137 Å². The van der Waals surface area contributed by atoms with E-state index in [0.717, 1.165) is 19.3 Å². The third-order valence-corrected chi connectivity index (χ3v) is 8.33. The van der Waals surface area contributed by atoms with Crippen LogP contribution in [0.2, 0.25) is 0 Å². The number of hydrogen-bond acceptors (Lipinski definition) is 2. The van der Waals surface area contributed by atoms with Crippen LogP contribution in [0.3, 0.4) is 0 Å². The average molecular weight is 326 g/mol. The molecule has 4 rings (SSSR count). The zero-order valence-corrected chi connectivity index (χ0v) is 14.2. The summed E-state index contributed by atoms with van der Waals surface area (Å²) in [6.07, 6.45) is 4.10. The van der Waals surface area contributed by atoms with Crippen LogP contribution in [-0.2, 0) is 4.79 Å². The molecule has 4 aliphatic rings. The van der Waals surface area contributed by atoms with E-state index in [1.807, 2.05) is 13.8 Å². The Kier molecular flexibility index (Phi) is 3.32. The van der Waals surface area contributed by atoms with Crippen LogP contribution in [0.15, 0.2) is 0 Å². The lowest BCUT2D eigenvalue weighted by molar-refractivity contribution is -0.232. The topological polar surface area (TPSA) is 37.3 Å². The highest BCUT2D eigenvalue weighted by molar-refractivity contribution is 5.87. The zero-order chi connectivity index (χ0) is 16.6. The quantitative estimate of drug-likeness (QED) is 0.724. The number of aliphatic hydroxyl groups excluding tert-OH is 1. The molecule has 0 radical (unpaired) electrons. The van der Waals surface area contributed by atoms with E-state index in [4.69, 9.17) is 0 Å². The Morgan fingerprint density at radius 1 is 1.09 bits per heavy atom. The molecule has 0 aromatic heterocycles. The van der Waals surface area contributed by atoms with E-state index in [0.29, 0.717) is 31.0 Å². The Morgan fingerprint density at radius 3 is 2.57 bits per heavy atom. The van der Waals surface area contributed by atoms with Crippen molar-refractivity contribution in [2.24, 2.45) is 34.5 Å². The summed E-state index contributed by atoms with van der Waals surface area (Å²) in [6, 6.07) is 0. The van der Waals surface area contributed by atoms with Crippen molar-refractivity contribution < 1.29 is 18.7 Å². The summed E-state index contributed by atoms with van der Waals surface area (Å²) in [5, 5.41) is 9.94. The molecule has 4 saturated carbocycles. The number of ketones is 1. The fraction of sp³-hybridized carbons (Fsp3) is 0.947. The standard InChI is InChI=1S/C19H28F2O2/c1-17-7-5-11(22)9-15(17)19(20,21)10-12-13-3-4-16(23)18(13,2)8-6-14(12)17/h11-15,22H,3-10H2,1-2H3/t11-,12+,13?,14?,15+,17-,18+/m1/s1. The van der Waals surface area contributed by atoms with Gasteiger partial charge < -0.3 is 5.11 Å². The molecule has 4 aliphatic carbocycles. The van der Waals surface area contributed by atoms with Crippen LogP contribution in [-0.4, -0.2) is 22.9 Å². The van der Waals surface area contributed by atoms with Gasteiger partial charge in [0.25, 0.3) is 5.92 Å². The van der Waals surface area contributed by atoms with Gasteiger partial charge in [0.05, 0.1) is 6.10 Å². The predicted molar refractivity (Wildman–Crippen MR) is 83.1 cm³/mol. The van der Waals surface area contributed by atoms with Crippen molar-refractivity contribution in [3.05, 3.63) is 0 Å². The first-order chi connectivity index (χ1) is 10.7. The maximum absolute atomic E-state index is 15.0. The number of fused-ring (bicyclic) bond motifs is 5. The molecule has 4 fully saturated rings. The van der Waals surface area contributed by atoms with E-state index < -0.39 is 17.9 Å². The van der Waals surface area contributed by atoms with Crippen LogP contribution in [0.25, 0.3) is 0 Å². The SMILES string of the molecule is C[C@]12CCC3[C@@H](CC(F)(F)[C@H]4C[C@H](O)CC[C@]34C)C1CCC2=O. The molecule has 0 amide bonds. The number of aliphatic hydroxyl groups is 1. The van der Waals surface area contributed by atoms with Crippen LogP contribution < -0.4 is 0 Å². The fourth-order valence-corrected chi connectivity index (χ4v) is 7.03. The summed E-state index contributed by atoms with van der Waals surface area (Å²) >= 11 is 0. The Balaban J connectivity index is 1.72. The second-order valence-corrected chi connectivity index (χ2v) is 9.25. The zero-order valence-electron chi connectivity index (χ0n) is 14.2. The van der Waals surface area contributed by atoms with E-state index >= 15 is 8.78 Å². The van der Waals surface area contributed by atoms with Crippen LogP contribution in [0.4, 0.5) is 8.78 Å². The van der Waals surface area contributed by atoms with E-state index in [9.17, 15) is 9.90 Å². The van der Waals surface area contributed by atoms with Gasteiger partial charge in [-0.25, -0.2) is 8.78 Å². The molecular weight excluding hydrogens is 298 g/mol. The van der Waals surface area contributed by atoms with Crippen molar-refractivity contribution >= 4 is 5.78 Å². The van der Waals surface area contributed by atoms with Crippen molar-refractivity contribution in [3.8, 4) is 0 Å². The van der Waals surface area contributed by atoms with E-state index in [1.54, 1.807) is 0 Å². The summed E-state index contributed by atoms with van der Waals surface area (Å²) in [4.78, 5) is 12.4. The number of rotatable bonds is 0. The molecule has 130 valence electrons. The van der Waals surface area contributed by atoms with Gasteiger partial charge in [-0.3, -0.25) is 4.79 Å². The third kappa shape index (κ3) is 2.03. The summed E-state index contributed by atoms with van der Waals surface area (Å²) < 4.78 is 30.0. The molecule has 0 saturated heterocycles. The minimum absolute atomic E-state index is 0.0216. The largest absolute Gasteiger partial charge is 0.393 e. The highest BCUT2D eigenvalue weighted by Gasteiger charge is 2.66. The monoisotopic (exact) mass is 326 g/mol. The molecular formula is C19H28F2O2. The second kappa shape index (κ2) is 4.77. The fourth-order valence-electron chi connectivity index (χ4n) is 7.03. The van der Waals surface area contributed by atoms with Gasteiger partial charge in [-0.1, -0.05) is 13.8 Å². The van der Waals surface area contributed by atoms with Gasteiger partial charge in [-0.2, -0.15) is 0 Å². The smallest absolute Gasteiger partial charge is 0.251 e. The van der Waals surface area contributed by atoms with Crippen molar-refractivity contribution in [3.63, 3.8) is 0 Å². The molecule has 0 aromatic carbocycles. The highest BCUT2D eigenvalue weighted by atomic mass is 19.3. The van der Waals surface area contributed by atoms with Crippen molar-refractivity contribution in [1.29, 1.82) is 0 Å². The summed E-state index contributed by atoms with van der Waals surface area (Å²) in [5.74, 6) is -2.68. The number of carbonyl (C=O) groups is 1. The molecule has 0 spiro atoms. The number of Topliss-reactive ketones (excluding diaryl/α,β-unsaturated/α-hetero) is 1. The van der Waals surface area contributed by atoms with Gasteiger partial charge in [0, 0.05) is 24.2 Å². The molecule has 7 atom stereocenters. The average Bonchev–Trinajstić information content (AvgIpc) is 2.77. The molecule has 0 heterocycles. The number of halogens is 2. The normalized spacial score (nSPS) is 55.0. The van der Waals surface area contributed by atoms with Gasteiger partial charge >= 0.3 is 0 Å².